The normalized spacial score (nSPS) is 13.1. The number of hydrogen-bond donors (Lipinski definition) is 4. The fourth-order valence-electron chi connectivity index (χ4n) is 6.59. The highest BCUT2D eigenvalue weighted by atomic mass is 35.5. The van der Waals surface area contributed by atoms with Crippen LogP contribution in [-0.2, 0) is 32.0 Å². The minimum absolute atomic E-state index is 0.0797. The third-order valence-corrected chi connectivity index (χ3v) is 11.2. The molecule has 14 nitrogen and oxygen atoms in total. The van der Waals surface area contributed by atoms with Gasteiger partial charge in [0.25, 0.3) is 23.6 Å². The van der Waals surface area contributed by atoms with Gasteiger partial charge in [0.15, 0.2) is 11.6 Å². The van der Waals surface area contributed by atoms with Gasteiger partial charge in [0.1, 0.15) is 0 Å². The van der Waals surface area contributed by atoms with E-state index in [2.05, 4.69) is 41.7 Å². The molecule has 0 saturated heterocycles. The predicted octanol–water partition coefficient (Wildman–Crippen LogP) is 12.6. The first-order chi connectivity index (χ1) is 31.4. The topological polar surface area (TPSA) is 200 Å². The van der Waals surface area contributed by atoms with Gasteiger partial charge >= 0.3 is 0 Å². The first kappa shape index (κ1) is 50.7. The summed E-state index contributed by atoms with van der Waals surface area (Å²) in [6.07, 6.45) is 0.773. The van der Waals surface area contributed by atoms with Crippen LogP contribution >= 0.6 is 46.4 Å². The van der Waals surface area contributed by atoms with Gasteiger partial charge in [-0.1, -0.05) is 73.4 Å². The standard InChI is InChI=1S/C48H46Cl4N8O6/c1-7-29-21-42(56-48(66)44(28(6)62)60-58-32-18-20-38(52)36(24-32)46(64)54-40-16-12-10-14-34(40)26(4)50)30(8-2)22-41(29)55-47(65)43(27(5)61)59-57-31-17-19-37(51)35(23-31)45(63)53-39-15-11-9-13-33(39)25(3)49/h9-26,43-44H,7-8H2,1-6H3,(H,53,63)(H,54,64)(H,55,65)(H,56,66). The molecule has 0 fully saturated rings. The second kappa shape index (κ2) is 23.2. The molecule has 4 amide bonds. The van der Waals surface area contributed by atoms with Crippen molar-refractivity contribution in [2.75, 3.05) is 21.3 Å². The number of aryl methyl sites for hydroxylation is 2. The second-order valence-electron chi connectivity index (χ2n) is 15.0. The Labute approximate surface area is 402 Å². The van der Waals surface area contributed by atoms with Crippen molar-refractivity contribution in [2.45, 2.75) is 77.2 Å². The fourth-order valence-corrected chi connectivity index (χ4v) is 7.38. The third-order valence-electron chi connectivity index (χ3n) is 10.1. The minimum atomic E-state index is -1.56. The van der Waals surface area contributed by atoms with Crippen molar-refractivity contribution in [3.63, 3.8) is 0 Å². The van der Waals surface area contributed by atoms with Crippen LogP contribution in [0.3, 0.4) is 0 Å². The van der Waals surface area contributed by atoms with Gasteiger partial charge in [-0.25, -0.2) is 0 Å². The molecule has 4 atom stereocenters. The number of ketones is 2. The molecule has 5 aromatic carbocycles. The molecule has 4 unspecified atom stereocenters. The maximum Gasteiger partial charge on any atom is 0.258 e. The van der Waals surface area contributed by atoms with Crippen LogP contribution in [0.1, 0.15) is 95.3 Å². The molecule has 5 aromatic rings. The van der Waals surface area contributed by atoms with Gasteiger partial charge in [0.2, 0.25) is 12.1 Å². The Morgan fingerprint density at radius 1 is 0.515 bits per heavy atom. The summed E-state index contributed by atoms with van der Waals surface area (Å²) in [6.45, 7) is 9.62. The lowest BCUT2D eigenvalue weighted by molar-refractivity contribution is -0.127. The summed E-state index contributed by atoms with van der Waals surface area (Å²) in [7, 11) is 0. The Morgan fingerprint density at radius 2 is 0.879 bits per heavy atom. The van der Waals surface area contributed by atoms with E-state index in [0.717, 1.165) is 0 Å². The Kier molecular flexibility index (Phi) is 17.8. The second-order valence-corrected chi connectivity index (χ2v) is 17.1. The number of amides is 4. The molecule has 5 rings (SSSR count). The SMILES string of the molecule is CCc1cc(NC(=O)C(N=Nc2ccc(Cl)c(C(=O)Nc3ccccc3C(C)Cl)c2)C(C)=O)c(CC)cc1NC(=O)C(N=Nc1ccc(Cl)c(C(=O)Nc2ccccc2C(C)Cl)c1)C(C)=O. The molecular formula is C48H46Cl4N8O6. The minimum Gasteiger partial charge on any atom is -0.323 e. The van der Waals surface area contributed by atoms with Gasteiger partial charge in [-0.3, -0.25) is 28.8 Å². The molecule has 0 aliphatic heterocycles. The maximum atomic E-state index is 13.6. The molecule has 0 aliphatic rings. The number of halogens is 4. The number of carbonyl (C=O) groups is 6. The number of para-hydroxylation sites is 2. The summed E-state index contributed by atoms with van der Waals surface area (Å²) in [6, 6.07) is 23.0. The van der Waals surface area contributed by atoms with Gasteiger partial charge in [0.05, 0.1) is 43.3 Å². The lowest BCUT2D eigenvalue weighted by Gasteiger charge is -2.18. The number of azo groups is 2. The first-order valence-electron chi connectivity index (χ1n) is 20.7. The van der Waals surface area contributed by atoms with Crippen molar-refractivity contribution in [1.82, 2.24) is 0 Å². The van der Waals surface area contributed by atoms with E-state index in [4.69, 9.17) is 46.4 Å². The predicted molar refractivity (Wildman–Crippen MR) is 261 cm³/mol. The Morgan fingerprint density at radius 3 is 1.21 bits per heavy atom. The Balaban J connectivity index is 1.31. The van der Waals surface area contributed by atoms with Gasteiger partial charge in [0, 0.05) is 22.7 Å². The van der Waals surface area contributed by atoms with Crippen molar-refractivity contribution >= 4 is 116 Å². The van der Waals surface area contributed by atoms with E-state index >= 15 is 0 Å². The van der Waals surface area contributed by atoms with E-state index in [1.54, 1.807) is 74.5 Å². The molecule has 0 aliphatic carbocycles. The van der Waals surface area contributed by atoms with E-state index in [9.17, 15) is 28.8 Å². The maximum absolute atomic E-state index is 13.6. The van der Waals surface area contributed by atoms with E-state index in [1.807, 2.05) is 13.8 Å². The molecular weight excluding hydrogens is 926 g/mol. The van der Waals surface area contributed by atoms with Crippen LogP contribution in [0.15, 0.2) is 118 Å². The van der Waals surface area contributed by atoms with Crippen LogP contribution in [0.5, 0.6) is 0 Å². The number of nitrogens with zero attached hydrogens (tertiary/aromatic N) is 4. The van der Waals surface area contributed by atoms with Gasteiger partial charge in [-0.2, -0.15) is 20.5 Å². The molecule has 0 spiro atoms. The summed E-state index contributed by atoms with van der Waals surface area (Å²) >= 11 is 25.3. The van der Waals surface area contributed by atoms with Crippen LogP contribution in [0.25, 0.3) is 0 Å². The summed E-state index contributed by atoms with van der Waals surface area (Å²) in [5.74, 6) is -3.80. The number of benzene rings is 5. The summed E-state index contributed by atoms with van der Waals surface area (Å²) in [5.41, 5.74) is 4.82. The zero-order valence-electron chi connectivity index (χ0n) is 36.7. The average molecular weight is 973 g/mol. The summed E-state index contributed by atoms with van der Waals surface area (Å²) in [4.78, 5) is 79.3. The number of alkyl halides is 2. The zero-order valence-corrected chi connectivity index (χ0v) is 39.7. The zero-order chi connectivity index (χ0) is 48.2. The van der Waals surface area contributed by atoms with Gasteiger partial charge in [-0.15, -0.1) is 23.2 Å². The van der Waals surface area contributed by atoms with Crippen LogP contribution in [0.2, 0.25) is 10.0 Å². The smallest absolute Gasteiger partial charge is 0.258 e. The van der Waals surface area contributed by atoms with Crippen molar-refractivity contribution < 1.29 is 28.8 Å². The molecule has 0 heterocycles. The molecule has 66 heavy (non-hydrogen) atoms. The van der Waals surface area contributed by atoms with Gasteiger partial charge in [-0.05, 0) is 123 Å². The molecule has 0 bridgehead atoms. The first-order valence-corrected chi connectivity index (χ1v) is 22.3. The molecule has 18 heteroatoms. The monoisotopic (exact) mass is 970 g/mol. The van der Waals surface area contributed by atoms with Gasteiger partial charge < -0.3 is 21.3 Å². The largest absolute Gasteiger partial charge is 0.323 e. The fraction of sp³-hybridized carbons (Fsp3) is 0.250. The number of rotatable bonds is 18. The average Bonchev–Trinajstić information content (AvgIpc) is 3.27. The van der Waals surface area contributed by atoms with Crippen molar-refractivity contribution in [3.05, 3.63) is 140 Å². The van der Waals surface area contributed by atoms with Crippen LogP contribution in [-0.4, -0.2) is 47.3 Å². The van der Waals surface area contributed by atoms with E-state index in [0.29, 0.717) is 57.8 Å². The molecule has 0 aromatic heterocycles. The van der Waals surface area contributed by atoms with E-state index in [-0.39, 0.29) is 43.3 Å². The molecule has 0 saturated carbocycles. The Bertz CT molecular complexity index is 2560. The Hall–Kier alpha value is -6.32. The van der Waals surface area contributed by atoms with E-state index < -0.39 is 47.3 Å². The van der Waals surface area contributed by atoms with Crippen molar-refractivity contribution in [1.29, 1.82) is 0 Å². The number of hydrogen-bond acceptors (Lipinski definition) is 10. The molecule has 0 radical (unpaired) electrons. The lowest BCUT2D eigenvalue weighted by Crippen LogP contribution is -2.33. The number of carbonyl (C=O) groups excluding carboxylic acids is 6. The van der Waals surface area contributed by atoms with Crippen molar-refractivity contribution in [2.24, 2.45) is 20.5 Å². The van der Waals surface area contributed by atoms with Crippen molar-refractivity contribution in [3.8, 4) is 0 Å². The highest BCUT2D eigenvalue weighted by molar-refractivity contribution is 6.35. The van der Waals surface area contributed by atoms with Crippen LogP contribution in [0, 0.1) is 0 Å². The highest BCUT2D eigenvalue weighted by Crippen LogP contribution is 2.32. The molecule has 4 N–H and O–H groups in total. The summed E-state index contributed by atoms with van der Waals surface area (Å²) in [5, 5.41) is 27.0. The highest BCUT2D eigenvalue weighted by Gasteiger charge is 2.27. The van der Waals surface area contributed by atoms with Crippen LogP contribution < -0.4 is 21.3 Å². The third kappa shape index (κ3) is 12.9. The molecule has 342 valence electrons. The number of Topliss-reactive ketones (excluding diaryl/α,β-unsaturated/α-hetero) is 2. The van der Waals surface area contributed by atoms with E-state index in [1.165, 1.54) is 50.2 Å². The lowest BCUT2D eigenvalue weighted by atomic mass is 10.0. The number of anilines is 4. The summed E-state index contributed by atoms with van der Waals surface area (Å²) < 4.78 is 0. The van der Waals surface area contributed by atoms with Crippen LogP contribution in [0.4, 0.5) is 34.1 Å². The number of nitrogens with one attached hydrogen (secondary N) is 4. The quantitative estimate of drug-likeness (QED) is 0.0382.